The van der Waals surface area contributed by atoms with E-state index in [1.165, 1.54) is 11.1 Å². The molecule has 5 nitrogen and oxygen atoms in total. The quantitative estimate of drug-likeness (QED) is 0.455. The van der Waals surface area contributed by atoms with E-state index in [0.29, 0.717) is 13.1 Å². The zero-order chi connectivity index (χ0) is 21.1. The highest BCUT2D eigenvalue weighted by Crippen LogP contribution is 2.22. The van der Waals surface area contributed by atoms with Crippen molar-refractivity contribution in [2.45, 2.75) is 44.3 Å². The van der Waals surface area contributed by atoms with Crippen LogP contribution in [0, 0.1) is 0 Å². The first-order valence-electron chi connectivity index (χ1n) is 11.0. The monoisotopic (exact) mass is 409 g/mol. The molecule has 1 aliphatic rings. The van der Waals surface area contributed by atoms with Crippen LogP contribution in [0.2, 0.25) is 0 Å². The van der Waals surface area contributed by atoms with Crippen LogP contribution in [-0.4, -0.2) is 54.6 Å². The summed E-state index contributed by atoms with van der Waals surface area (Å²) in [6.07, 6.45) is 3.96. The van der Waals surface area contributed by atoms with Crippen LogP contribution in [0.15, 0.2) is 60.7 Å². The molecule has 1 aliphatic heterocycles. The van der Waals surface area contributed by atoms with E-state index in [4.69, 9.17) is 10.5 Å². The molecule has 0 spiro atoms. The number of benzene rings is 2. The molecule has 0 aromatic heterocycles. The van der Waals surface area contributed by atoms with E-state index in [2.05, 4.69) is 70.5 Å². The van der Waals surface area contributed by atoms with Gasteiger partial charge in [0.25, 0.3) is 6.47 Å². The molecule has 1 heterocycles. The van der Waals surface area contributed by atoms with Gasteiger partial charge in [0.2, 0.25) is 0 Å². The summed E-state index contributed by atoms with van der Waals surface area (Å²) in [7, 11) is 0. The first-order chi connectivity index (χ1) is 14.7. The number of unbranched alkanes of at least 4 members (excludes halogenated alkanes) is 2. The average Bonchev–Trinajstić information content (AvgIpc) is 2.90. The number of hydrogen-bond acceptors (Lipinski definition) is 5. The van der Waals surface area contributed by atoms with Crippen molar-refractivity contribution < 1.29 is 9.53 Å². The molecular weight excluding hydrogens is 374 g/mol. The van der Waals surface area contributed by atoms with Gasteiger partial charge in [0.05, 0.1) is 6.61 Å². The van der Waals surface area contributed by atoms with E-state index < -0.39 is 0 Å². The Bertz CT molecular complexity index is 687. The SMILES string of the molecule is NC1(CCCCCOC=O)CN(Cc2ccccc2)CCN(Cc2ccccc2)C1. The Labute approximate surface area is 180 Å². The molecule has 2 N–H and O–H groups in total. The van der Waals surface area contributed by atoms with Gasteiger partial charge in [-0.15, -0.1) is 0 Å². The topological polar surface area (TPSA) is 58.8 Å². The van der Waals surface area contributed by atoms with Gasteiger partial charge in [-0.2, -0.15) is 0 Å². The highest BCUT2D eigenvalue weighted by molar-refractivity contribution is 5.36. The molecular formula is C25H35N3O2. The van der Waals surface area contributed by atoms with Crippen LogP contribution >= 0.6 is 0 Å². The molecule has 30 heavy (non-hydrogen) atoms. The third-order valence-corrected chi connectivity index (χ3v) is 5.81. The smallest absolute Gasteiger partial charge is 0.293 e. The number of carbonyl (C=O) groups is 1. The van der Waals surface area contributed by atoms with Crippen LogP contribution in [-0.2, 0) is 22.6 Å². The van der Waals surface area contributed by atoms with E-state index in [0.717, 1.165) is 65.0 Å². The summed E-state index contributed by atoms with van der Waals surface area (Å²) in [5.41, 5.74) is 9.44. The van der Waals surface area contributed by atoms with Crippen LogP contribution < -0.4 is 5.73 Å². The zero-order valence-electron chi connectivity index (χ0n) is 17.9. The van der Waals surface area contributed by atoms with E-state index in [9.17, 15) is 4.79 Å². The summed E-state index contributed by atoms with van der Waals surface area (Å²) >= 11 is 0. The maximum absolute atomic E-state index is 10.3. The number of carbonyl (C=O) groups excluding carboxylic acids is 1. The molecule has 2 aromatic carbocycles. The van der Waals surface area contributed by atoms with Crippen LogP contribution in [0.4, 0.5) is 0 Å². The summed E-state index contributed by atoms with van der Waals surface area (Å²) < 4.78 is 4.81. The van der Waals surface area contributed by atoms with Crippen LogP contribution in [0.3, 0.4) is 0 Å². The van der Waals surface area contributed by atoms with Crippen molar-refractivity contribution in [1.29, 1.82) is 0 Å². The lowest BCUT2D eigenvalue weighted by Gasteiger charge is -2.35. The first-order valence-corrected chi connectivity index (χ1v) is 11.0. The predicted octanol–water partition coefficient (Wildman–Crippen LogP) is 3.44. The molecule has 0 bridgehead atoms. The standard InChI is InChI=1S/C25H35N3O2/c26-25(14-8-3-9-17-30-22-29)20-27(18-23-10-4-1-5-11-23)15-16-28(21-25)19-24-12-6-2-7-13-24/h1-2,4-7,10-13,22H,3,8-9,14-21,26H2. The third kappa shape index (κ3) is 7.56. The fourth-order valence-corrected chi connectivity index (χ4v) is 4.38. The van der Waals surface area contributed by atoms with Gasteiger partial charge in [0.1, 0.15) is 0 Å². The van der Waals surface area contributed by atoms with Crippen molar-refractivity contribution >= 4 is 6.47 Å². The minimum Gasteiger partial charge on any atom is -0.468 e. The highest BCUT2D eigenvalue weighted by atomic mass is 16.5. The summed E-state index contributed by atoms with van der Waals surface area (Å²) in [4.78, 5) is 15.3. The van der Waals surface area contributed by atoms with Crippen molar-refractivity contribution in [3.63, 3.8) is 0 Å². The van der Waals surface area contributed by atoms with Gasteiger partial charge in [-0.3, -0.25) is 14.6 Å². The van der Waals surface area contributed by atoms with Crippen molar-refractivity contribution in [1.82, 2.24) is 9.80 Å². The molecule has 5 heteroatoms. The molecule has 1 saturated heterocycles. The van der Waals surface area contributed by atoms with Gasteiger partial charge in [-0.25, -0.2) is 0 Å². The second-order valence-electron chi connectivity index (χ2n) is 8.53. The Balaban J connectivity index is 1.63. The van der Waals surface area contributed by atoms with Crippen molar-refractivity contribution in [2.24, 2.45) is 5.73 Å². The van der Waals surface area contributed by atoms with Crippen LogP contribution in [0.5, 0.6) is 0 Å². The maximum atomic E-state index is 10.3. The third-order valence-electron chi connectivity index (χ3n) is 5.81. The molecule has 162 valence electrons. The normalized spacial score (nSPS) is 17.4. The Hall–Kier alpha value is -2.21. The number of rotatable bonds is 11. The summed E-state index contributed by atoms with van der Waals surface area (Å²) in [5, 5.41) is 0. The summed E-state index contributed by atoms with van der Waals surface area (Å²) in [5.74, 6) is 0. The predicted molar refractivity (Wildman–Crippen MR) is 121 cm³/mol. The van der Waals surface area contributed by atoms with Gasteiger partial charge < -0.3 is 10.5 Å². The second kappa shape index (κ2) is 11.8. The maximum Gasteiger partial charge on any atom is 0.293 e. The van der Waals surface area contributed by atoms with Crippen molar-refractivity contribution in [3.8, 4) is 0 Å². The zero-order valence-corrected chi connectivity index (χ0v) is 17.9. The summed E-state index contributed by atoms with van der Waals surface area (Å²) in [6, 6.07) is 21.3. The molecule has 1 fully saturated rings. The second-order valence-corrected chi connectivity index (χ2v) is 8.53. The highest BCUT2D eigenvalue weighted by Gasteiger charge is 2.33. The molecule has 0 atom stereocenters. The Morgan fingerprint density at radius 1 is 0.833 bits per heavy atom. The van der Waals surface area contributed by atoms with Crippen molar-refractivity contribution in [2.75, 3.05) is 32.8 Å². The van der Waals surface area contributed by atoms with Crippen LogP contribution in [0.25, 0.3) is 0 Å². The number of nitrogens with zero attached hydrogens (tertiary/aromatic N) is 2. The van der Waals surface area contributed by atoms with Crippen molar-refractivity contribution in [3.05, 3.63) is 71.8 Å². The molecule has 0 saturated carbocycles. The minimum atomic E-state index is -0.244. The minimum absolute atomic E-state index is 0.244. The van der Waals surface area contributed by atoms with Gasteiger partial charge in [-0.05, 0) is 30.4 Å². The van der Waals surface area contributed by atoms with E-state index in [1.807, 2.05) is 0 Å². The van der Waals surface area contributed by atoms with Crippen LogP contribution in [0.1, 0.15) is 36.8 Å². The lowest BCUT2D eigenvalue weighted by molar-refractivity contribution is -0.128. The number of hydrogen-bond donors (Lipinski definition) is 1. The molecule has 3 rings (SSSR count). The average molecular weight is 410 g/mol. The largest absolute Gasteiger partial charge is 0.468 e. The fraction of sp³-hybridized carbons (Fsp3) is 0.480. The molecule has 0 radical (unpaired) electrons. The fourth-order valence-electron chi connectivity index (χ4n) is 4.38. The van der Waals surface area contributed by atoms with Gasteiger partial charge in [0.15, 0.2) is 0 Å². The van der Waals surface area contributed by atoms with Gasteiger partial charge >= 0.3 is 0 Å². The Kier molecular flexibility index (Phi) is 8.87. The molecule has 0 aliphatic carbocycles. The number of ether oxygens (including phenoxy) is 1. The van der Waals surface area contributed by atoms with Gasteiger partial charge in [0, 0.05) is 44.8 Å². The summed E-state index contributed by atoms with van der Waals surface area (Å²) in [6.45, 7) is 6.75. The lowest BCUT2D eigenvalue weighted by Crippen LogP contribution is -2.54. The Morgan fingerprint density at radius 3 is 1.87 bits per heavy atom. The molecule has 0 unspecified atom stereocenters. The number of nitrogens with two attached hydrogens (primary N) is 1. The molecule has 0 amide bonds. The lowest BCUT2D eigenvalue weighted by atomic mass is 9.92. The van der Waals surface area contributed by atoms with Gasteiger partial charge in [-0.1, -0.05) is 67.1 Å². The Morgan fingerprint density at radius 2 is 1.37 bits per heavy atom. The first kappa shape index (κ1) is 22.5. The van der Waals surface area contributed by atoms with E-state index >= 15 is 0 Å². The molecule has 2 aromatic rings. The van der Waals surface area contributed by atoms with E-state index in [1.54, 1.807) is 0 Å². The van der Waals surface area contributed by atoms with E-state index in [-0.39, 0.29) is 5.54 Å².